The largest absolute Gasteiger partial charge is 0.302 e. The molecule has 0 radical (unpaired) electrons. The van der Waals surface area contributed by atoms with E-state index in [0.29, 0.717) is 15.2 Å². The summed E-state index contributed by atoms with van der Waals surface area (Å²) in [6, 6.07) is 0.735. The van der Waals surface area contributed by atoms with E-state index in [1.807, 2.05) is 0 Å². The fourth-order valence-electron chi connectivity index (χ4n) is 5.66. The molecule has 1 saturated carbocycles. The summed E-state index contributed by atoms with van der Waals surface area (Å²) in [5.41, 5.74) is 1.06. The van der Waals surface area contributed by atoms with E-state index >= 15 is 4.39 Å². The number of hydrogen-bond donors (Lipinski definition) is 1. The maximum atomic E-state index is 15.4. The summed E-state index contributed by atoms with van der Waals surface area (Å²) in [6.45, 7) is -0.843. The molecule has 6 rings (SSSR count). The Bertz CT molecular complexity index is 1830. The van der Waals surface area contributed by atoms with E-state index in [2.05, 4.69) is 20.2 Å². The number of nitrogens with one attached hydrogen (secondary N) is 1. The lowest BCUT2D eigenvalue weighted by molar-refractivity contribution is -0.125. The van der Waals surface area contributed by atoms with Crippen molar-refractivity contribution in [3.8, 4) is 0 Å². The van der Waals surface area contributed by atoms with Crippen molar-refractivity contribution in [2.45, 2.75) is 61.9 Å². The molecule has 3 heterocycles. The van der Waals surface area contributed by atoms with Crippen LogP contribution in [0, 0.1) is 34.9 Å². The van der Waals surface area contributed by atoms with E-state index in [-0.39, 0.29) is 30.3 Å². The van der Waals surface area contributed by atoms with E-state index in [0.717, 1.165) is 48.8 Å². The van der Waals surface area contributed by atoms with Gasteiger partial charge < -0.3 is 4.90 Å². The lowest BCUT2D eigenvalue weighted by atomic mass is 9.87. The lowest BCUT2D eigenvalue weighted by Crippen LogP contribution is -2.59. The molecule has 9 nitrogen and oxygen atoms in total. The fourth-order valence-corrected chi connectivity index (χ4v) is 7.41. The van der Waals surface area contributed by atoms with E-state index in [1.165, 1.54) is 18.5 Å². The van der Waals surface area contributed by atoms with Crippen LogP contribution >= 0.6 is 0 Å². The van der Waals surface area contributed by atoms with Crippen molar-refractivity contribution in [1.82, 2.24) is 24.5 Å². The van der Waals surface area contributed by atoms with Gasteiger partial charge in [0.2, 0.25) is 21.7 Å². The summed E-state index contributed by atoms with van der Waals surface area (Å²) < 4.78 is 112. The number of hydrogen-bond acceptors (Lipinski definition) is 6. The molecule has 0 unspecified atom stereocenters. The van der Waals surface area contributed by atoms with Crippen LogP contribution in [0.25, 0.3) is 10.9 Å². The highest BCUT2D eigenvalue weighted by Crippen LogP contribution is 2.36. The maximum absolute atomic E-state index is 15.4. The van der Waals surface area contributed by atoms with Crippen molar-refractivity contribution >= 4 is 32.5 Å². The molecule has 16 heteroatoms. The molecule has 2 aliphatic rings. The highest BCUT2D eigenvalue weighted by molar-refractivity contribution is 7.89. The van der Waals surface area contributed by atoms with Gasteiger partial charge in [0.15, 0.2) is 28.2 Å². The highest BCUT2D eigenvalue weighted by Gasteiger charge is 2.48. The smallest absolute Gasteiger partial charge is 0.249 e. The van der Waals surface area contributed by atoms with Crippen molar-refractivity contribution in [3.63, 3.8) is 0 Å². The van der Waals surface area contributed by atoms with Crippen LogP contribution in [0.3, 0.4) is 0 Å². The van der Waals surface area contributed by atoms with Gasteiger partial charge in [0.1, 0.15) is 11.9 Å². The first kappa shape index (κ1) is 30.0. The normalized spacial score (nSPS) is 18.0. The van der Waals surface area contributed by atoms with Crippen LogP contribution in [0.5, 0.6) is 0 Å². The van der Waals surface area contributed by atoms with Gasteiger partial charge in [-0.05, 0) is 31.4 Å². The minimum Gasteiger partial charge on any atom is -0.302 e. The molecular formula is C28H24F6N6O3S. The van der Waals surface area contributed by atoms with E-state index in [4.69, 9.17) is 0 Å². The average Bonchev–Trinajstić information content (AvgIpc) is 3.44. The molecule has 1 N–H and O–H groups in total. The second-order valence-electron chi connectivity index (χ2n) is 10.8. The SMILES string of the molecule is O=C([C@H]1CCN1S(=O)(=O)c1c(F)c(F)c(F)c(F)c1F)N(Cc1cnc(C2CCCCC2)cn1)c1cc2[nH]ncc2cc1F. The summed E-state index contributed by atoms with van der Waals surface area (Å²) in [6.07, 6.45) is 9.38. The molecule has 2 aromatic carbocycles. The summed E-state index contributed by atoms with van der Waals surface area (Å²) in [4.78, 5) is 21.6. The topological polar surface area (TPSA) is 112 Å². The predicted molar refractivity (Wildman–Crippen MR) is 144 cm³/mol. The van der Waals surface area contributed by atoms with Crippen LogP contribution < -0.4 is 4.90 Å². The van der Waals surface area contributed by atoms with Gasteiger partial charge in [0.25, 0.3) is 0 Å². The molecule has 1 saturated heterocycles. The first-order chi connectivity index (χ1) is 21.0. The van der Waals surface area contributed by atoms with Crippen molar-refractivity contribution < 1.29 is 39.6 Å². The molecule has 1 aliphatic carbocycles. The van der Waals surface area contributed by atoms with Crippen molar-refractivity contribution in [1.29, 1.82) is 0 Å². The Labute approximate surface area is 247 Å². The minimum absolute atomic E-state index is 0.176. The number of nitrogens with zero attached hydrogens (tertiary/aromatic N) is 5. The number of benzene rings is 2. The lowest BCUT2D eigenvalue weighted by Gasteiger charge is -2.41. The van der Waals surface area contributed by atoms with Gasteiger partial charge >= 0.3 is 0 Å². The monoisotopic (exact) mass is 638 g/mol. The number of amides is 1. The zero-order valence-electron chi connectivity index (χ0n) is 22.8. The van der Waals surface area contributed by atoms with Crippen molar-refractivity contribution in [2.24, 2.45) is 0 Å². The Kier molecular flexibility index (Phi) is 7.82. The quantitative estimate of drug-likeness (QED) is 0.169. The summed E-state index contributed by atoms with van der Waals surface area (Å²) in [7, 11) is -5.41. The highest BCUT2D eigenvalue weighted by atomic mass is 32.2. The number of carbonyl (C=O) groups is 1. The van der Waals surface area contributed by atoms with Crippen LogP contribution in [-0.4, -0.2) is 51.4 Å². The van der Waals surface area contributed by atoms with Gasteiger partial charge in [-0.15, -0.1) is 0 Å². The van der Waals surface area contributed by atoms with E-state index < -0.39 is 68.3 Å². The molecule has 0 bridgehead atoms. The Morgan fingerprint density at radius 3 is 2.18 bits per heavy atom. The van der Waals surface area contributed by atoms with Crippen LogP contribution in [0.15, 0.2) is 35.6 Å². The van der Waals surface area contributed by atoms with Gasteiger partial charge in [-0.1, -0.05) is 19.3 Å². The molecule has 232 valence electrons. The van der Waals surface area contributed by atoms with Crippen LogP contribution in [0.2, 0.25) is 0 Å². The summed E-state index contributed by atoms with van der Waals surface area (Å²) in [5.74, 6) is -14.2. The number of aromatic nitrogens is 4. The molecule has 44 heavy (non-hydrogen) atoms. The Morgan fingerprint density at radius 2 is 1.57 bits per heavy atom. The molecule has 1 amide bonds. The number of fused-ring (bicyclic) bond motifs is 1. The van der Waals surface area contributed by atoms with Crippen LogP contribution in [0.1, 0.15) is 55.8 Å². The average molecular weight is 639 g/mol. The van der Waals surface area contributed by atoms with E-state index in [1.54, 1.807) is 6.20 Å². The first-order valence-corrected chi connectivity index (χ1v) is 15.2. The Balaban J connectivity index is 1.35. The Hall–Kier alpha value is -4.05. The van der Waals surface area contributed by atoms with E-state index in [9.17, 15) is 35.2 Å². The third kappa shape index (κ3) is 5.08. The van der Waals surface area contributed by atoms with Gasteiger partial charge in [-0.3, -0.25) is 19.9 Å². The standard InChI is InChI=1S/C28H24F6N6O3S/c29-17-8-15-10-37-38-18(15)9-21(17)39(13-16-11-36-19(12-35-16)14-4-2-1-3-5-14)28(41)20-6-7-40(20)44(42,43)27-25(33)23(31)22(30)24(32)26(27)34/h8-12,14,20H,1-7,13H2,(H,37,38)/t20-/m1/s1. The zero-order valence-corrected chi connectivity index (χ0v) is 23.7. The van der Waals surface area contributed by atoms with Crippen molar-refractivity contribution in [2.75, 3.05) is 11.4 Å². The number of sulfonamides is 1. The first-order valence-electron chi connectivity index (χ1n) is 13.8. The summed E-state index contributed by atoms with van der Waals surface area (Å²) >= 11 is 0. The molecular weight excluding hydrogens is 614 g/mol. The zero-order chi connectivity index (χ0) is 31.3. The number of aromatic amines is 1. The predicted octanol–water partition coefficient (Wildman–Crippen LogP) is 5.23. The van der Waals surface area contributed by atoms with Gasteiger partial charge in [-0.2, -0.15) is 9.40 Å². The number of rotatable bonds is 7. The van der Waals surface area contributed by atoms with Crippen molar-refractivity contribution in [3.05, 3.63) is 77.0 Å². The number of anilines is 1. The molecule has 1 aliphatic heterocycles. The molecule has 4 aromatic rings. The molecule has 0 spiro atoms. The second-order valence-corrected chi connectivity index (χ2v) is 12.6. The van der Waals surface area contributed by atoms with Gasteiger partial charge in [0.05, 0.1) is 41.5 Å². The van der Waals surface area contributed by atoms with Gasteiger partial charge in [-0.25, -0.2) is 34.8 Å². The number of halogens is 6. The Morgan fingerprint density at radius 1 is 0.886 bits per heavy atom. The summed E-state index contributed by atoms with van der Waals surface area (Å²) in [5, 5.41) is 6.88. The second kappa shape index (κ2) is 11.5. The third-order valence-corrected chi connectivity index (χ3v) is 10.1. The third-order valence-electron chi connectivity index (χ3n) is 8.13. The molecule has 1 atom stereocenters. The minimum atomic E-state index is -5.41. The van der Waals surface area contributed by atoms with Crippen LogP contribution in [-0.2, 0) is 21.4 Å². The number of H-pyrrole nitrogens is 1. The van der Waals surface area contributed by atoms with Crippen LogP contribution in [0.4, 0.5) is 32.0 Å². The van der Waals surface area contributed by atoms with Gasteiger partial charge in [0, 0.05) is 24.0 Å². The molecule has 2 aromatic heterocycles. The fraction of sp³-hybridized carbons (Fsp3) is 0.357. The molecule has 2 fully saturated rings. The number of carbonyl (C=O) groups excluding carboxylic acids is 1. The maximum Gasteiger partial charge on any atom is 0.249 e.